The molecule has 4 aromatic carbocycles. The average Bonchev–Trinajstić information content (AvgIpc) is 2.99. The molecule has 0 aliphatic carbocycles. The monoisotopic (exact) mass is 620 g/mol. The van der Waals surface area contributed by atoms with Gasteiger partial charge in [0.15, 0.2) is 23.0 Å². The van der Waals surface area contributed by atoms with E-state index in [2.05, 4.69) is 0 Å². The van der Waals surface area contributed by atoms with Gasteiger partial charge in [0.05, 0.1) is 29.3 Å². The molecule has 2 heterocycles. The Morgan fingerprint density at radius 2 is 1.13 bits per heavy atom. The number of benzene rings is 4. The van der Waals surface area contributed by atoms with Crippen LogP contribution in [-0.2, 0) is 17.6 Å². The lowest BCUT2D eigenvalue weighted by molar-refractivity contribution is -0.108. The van der Waals surface area contributed by atoms with E-state index in [0.29, 0.717) is 11.8 Å². The maximum Gasteiger partial charge on any atom is 0.157 e. The van der Waals surface area contributed by atoms with Crippen LogP contribution in [0, 0.1) is 0 Å². The average molecular weight is 621 g/mol. The summed E-state index contributed by atoms with van der Waals surface area (Å²) in [5.41, 5.74) is -0.0369. The summed E-state index contributed by atoms with van der Waals surface area (Å²) < 4.78 is 11.9. The second kappa shape index (κ2) is 10.9. The minimum absolute atomic E-state index is 0.0251. The fourth-order valence-corrected chi connectivity index (χ4v) is 5.97. The lowest BCUT2D eigenvalue weighted by Gasteiger charge is -2.34. The lowest BCUT2D eigenvalue weighted by atomic mass is 9.83. The molecule has 234 valence electrons. The van der Waals surface area contributed by atoms with E-state index in [1.807, 2.05) is 0 Å². The number of aromatic hydroxyl groups is 8. The Kier molecular flexibility index (Phi) is 7.14. The van der Waals surface area contributed by atoms with Gasteiger partial charge in [-0.3, -0.25) is 0 Å². The molecule has 0 radical (unpaired) electrons. The zero-order valence-electron chi connectivity index (χ0n) is 23.2. The van der Waals surface area contributed by atoms with Crippen molar-refractivity contribution in [1.82, 2.24) is 0 Å². The van der Waals surface area contributed by atoms with E-state index in [4.69, 9.17) is 9.47 Å². The molecule has 1 unspecified atom stereocenters. The number of ether oxygens (including phenoxy) is 2. The van der Waals surface area contributed by atoms with Crippen LogP contribution in [0.2, 0.25) is 0 Å². The quantitative estimate of drug-likeness (QED) is 0.114. The van der Waals surface area contributed by atoms with Crippen molar-refractivity contribution in [2.24, 2.45) is 0 Å². The summed E-state index contributed by atoms with van der Waals surface area (Å²) in [6.07, 6.45) is -4.91. The summed E-state index contributed by atoms with van der Waals surface area (Å²) in [6.45, 7) is 0. The van der Waals surface area contributed by atoms with Crippen molar-refractivity contribution in [3.05, 3.63) is 81.9 Å². The van der Waals surface area contributed by atoms with Crippen LogP contribution in [-0.4, -0.2) is 69.6 Å². The van der Waals surface area contributed by atoms with E-state index in [1.54, 1.807) is 0 Å². The van der Waals surface area contributed by atoms with Crippen molar-refractivity contribution in [2.45, 2.75) is 43.2 Å². The van der Waals surface area contributed by atoms with Gasteiger partial charge in [0.2, 0.25) is 0 Å². The van der Waals surface area contributed by atoms with Gasteiger partial charge in [0, 0.05) is 36.1 Å². The highest BCUT2D eigenvalue weighted by Gasteiger charge is 2.40. The molecule has 2 aliphatic heterocycles. The van der Waals surface area contributed by atoms with Crippen molar-refractivity contribution in [3.8, 4) is 57.5 Å². The van der Waals surface area contributed by atoms with E-state index in [0.717, 1.165) is 18.2 Å². The minimum atomic E-state index is -1.60. The number of phenols is 8. The zero-order chi connectivity index (χ0) is 32.3. The van der Waals surface area contributed by atoms with Crippen LogP contribution in [0.5, 0.6) is 57.5 Å². The van der Waals surface area contributed by atoms with Crippen LogP contribution in [0.1, 0.15) is 51.5 Å². The van der Waals surface area contributed by atoms with Crippen molar-refractivity contribution in [1.29, 1.82) is 0 Å². The van der Waals surface area contributed by atoms with Crippen LogP contribution in [0.3, 0.4) is 0 Å². The molecule has 13 heteroatoms. The number of hydrogen-bond acceptors (Lipinski definition) is 13. The van der Waals surface area contributed by atoms with Crippen molar-refractivity contribution < 1.29 is 65.3 Å². The first-order valence-corrected chi connectivity index (χ1v) is 13.7. The third-order valence-electron chi connectivity index (χ3n) is 8.20. The number of aliphatic hydroxyl groups excluding tert-OH is 2. The van der Waals surface area contributed by atoms with Gasteiger partial charge >= 0.3 is 0 Å². The molecule has 0 saturated heterocycles. The molecule has 4 aromatic rings. The predicted octanol–water partition coefficient (Wildman–Crippen LogP) is 2.74. The fraction of sp³-hybridized carbons (Fsp3) is 0.219. The predicted molar refractivity (Wildman–Crippen MR) is 153 cm³/mol. The van der Waals surface area contributed by atoms with Gasteiger partial charge in [-0.05, 0) is 35.4 Å². The molecule has 2 aliphatic rings. The van der Waals surface area contributed by atoms with Gasteiger partial charge in [-0.2, -0.15) is 0 Å². The van der Waals surface area contributed by atoms with Gasteiger partial charge in [-0.25, -0.2) is 0 Å². The van der Waals surface area contributed by atoms with Crippen LogP contribution < -0.4 is 9.47 Å². The first-order chi connectivity index (χ1) is 21.4. The van der Waals surface area contributed by atoms with Crippen molar-refractivity contribution in [3.63, 3.8) is 0 Å². The molecule has 10 N–H and O–H groups in total. The summed E-state index contributed by atoms with van der Waals surface area (Å²) in [5, 5.41) is 105. The van der Waals surface area contributed by atoms with Gasteiger partial charge in [0.25, 0.3) is 0 Å². The first-order valence-electron chi connectivity index (χ1n) is 13.7. The number of aldehydes is 1. The Morgan fingerprint density at radius 3 is 1.69 bits per heavy atom. The second-order valence-electron chi connectivity index (χ2n) is 11.0. The van der Waals surface area contributed by atoms with Gasteiger partial charge in [-0.15, -0.1) is 0 Å². The molecule has 45 heavy (non-hydrogen) atoms. The number of aliphatic hydroxyl groups is 2. The summed E-state index contributed by atoms with van der Waals surface area (Å²) in [7, 11) is 0. The Hall–Kier alpha value is -5.53. The summed E-state index contributed by atoms with van der Waals surface area (Å²) in [5.74, 6) is -5.91. The highest BCUT2D eigenvalue weighted by atomic mass is 16.5. The number of carbonyl (C=O) groups excluding carboxylic acids is 1. The smallest absolute Gasteiger partial charge is 0.157 e. The van der Waals surface area contributed by atoms with Crippen molar-refractivity contribution in [2.75, 3.05) is 0 Å². The number of hydrogen-bond donors (Lipinski definition) is 10. The molecule has 13 nitrogen and oxygen atoms in total. The summed E-state index contributed by atoms with van der Waals surface area (Å²) in [6, 6.07) is 9.61. The van der Waals surface area contributed by atoms with Crippen LogP contribution in [0.15, 0.2) is 48.5 Å². The molecule has 0 saturated carbocycles. The van der Waals surface area contributed by atoms with Crippen LogP contribution in [0.4, 0.5) is 0 Å². The van der Waals surface area contributed by atoms with Gasteiger partial charge < -0.3 is 65.3 Å². The zero-order valence-corrected chi connectivity index (χ0v) is 23.2. The molecule has 0 amide bonds. The lowest BCUT2D eigenvalue weighted by Crippen LogP contribution is -2.31. The Bertz CT molecular complexity index is 1840. The third-order valence-corrected chi connectivity index (χ3v) is 8.20. The maximum absolute atomic E-state index is 12.7. The normalized spacial score (nSPS) is 21.1. The minimum Gasteiger partial charge on any atom is -0.507 e. The Morgan fingerprint density at radius 1 is 0.600 bits per heavy atom. The first kappa shape index (κ1) is 29.5. The SMILES string of the molecule is O=CC(c1c(O)cc2c(c1O)C[C@H](O)[C@@H](c1ccc(O)c(O)c1)O2)c1c(O)cc(O)c2c1O[C@H](c1ccc(O)c(O)c1)[C@@H](O)C2. The molecule has 0 fully saturated rings. The van der Waals surface area contributed by atoms with E-state index in [9.17, 15) is 55.9 Å². The standard InChI is InChI=1S/C32H28O13/c33-11-16(27-23(40)10-26-15(29(27)43)8-25(42)30(44-26)12-1-3-17(34)20(37)5-12)28-22(39)9-19(36)14-7-24(41)31(45-32(14)28)13-2-4-18(35)21(38)6-13/h1-6,9-11,16,24-25,30-31,34-43H,7-8H2/t16?,24-,25-,30+,31+/m0/s1. The number of fused-ring (bicyclic) bond motifs is 2. The largest absolute Gasteiger partial charge is 0.507 e. The fourth-order valence-electron chi connectivity index (χ4n) is 5.97. The molecular formula is C32H28O13. The van der Waals surface area contributed by atoms with Crippen LogP contribution in [0.25, 0.3) is 0 Å². The topological polar surface area (TPSA) is 238 Å². The molecule has 6 rings (SSSR count). The third kappa shape index (κ3) is 4.87. The number of rotatable bonds is 5. The molecule has 5 atom stereocenters. The molecule has 0 spiro atoms. The Balaban J connectivity index is 1.43. The van der Waals surface area contributed by atoms with E-state index < -0.39 is 70.6 Å². The van der Waals surface area contributed by atoms with Gasteiger partial charge in [0.1, 0.15) is 53.0 Å². The van der Waals surface area contributed by atoms with E-state index in [1.165, 1.54) is 30.3 Å². The van der Waals surface area contributed by atoms with Gasteiger partial charge in [-0.1, -0.05) is 12.1 Å². The van der Waals surface area contributed by atoms with E-state index in [-0.39, 0.29) is 57.9 Å². The Labute approximate surface area is 254 Å². The molecule has 0 aromatic heterocycles. The molecule has 0 bridgehead atoms. The number of carbonyl (C=O) groups is 1. The van der Waals surface area contributed by atoms with Crippen LogP contribution >= 0.6 is 0 Å². The second-order valence-corrected chi connectivity index (χ2v) is 11.0. The van der Waals surface area contributed by atoms with E-state index >= 15 is 0 Å². The number of phenolic OH excluding ortho intramolecular Hbond substituents is 8. The maximum atomic E-state index is 12.7. The van der Waals surface area contributed by atoms with Crippen molar-refractivity contribution >= 4 is 6.29 Å². The summed E-state index contributed by atoms with van der Waals surface area (Å²) in [4.78, 5) is 12.7. The molecular weight excluding hydrogens is 592 g/mol. The summed E-state index contributed by atoms with van der Waals surface area (Å²) >= 11 is 0. The highest BCUT2D eigenvalue weighted by molar-refractivity contribution is 5.79. The highest BCUT2D eigenvalue weighted by Crippen LogP contribution is 2.54.